The van der Waals surface area contributed by atoms with E-state index in [0.717, 1.165) is 35.6 Å². The molecule has 2 aromatic rings. The number of hydrazine groups is 1. The molecule has 2 fully saturated rings. The molecule has 3 heterocycles. The van der Waals surface area contributed by atoms with Gasteiger partial charge < -0.3 is 9.73 Å². The third-order valence-corrected chi connectivity index (χ3v) is 5.77. The number of hydrogen-bond donors (Lipinski definition) is 3. The van der Waals surface area contributed by atoms with E-state index < -0.39 is 29.3 Å². The largest absolute Gasteiger partial charge is 0.459 e. The Morgan fingerprint density at radius 2 is 2.07 bits per heavy atom. The molecule has 11 heteroatoms. The first-order chi connectivity index (χ1) is 14.0. The number of furan rings is 1. The predicted molar refractivity (Wildman–Crippen MR) is 102 cm³/mol. The van der Waals surface area contributed by atoms with Gasteiger partial charge in [0, 0.05) is 5.38 Å². The van der Waals surface area contributed by atoms with Crippen LogP contribution in [0.1, 0.15) is 48.4 Å². The number of hydrogen-bond acceptors (Lipinski definition) is 7. The summed E-state index contributed by atoms with van der Waals surface area (Å²) in [6, 6.07) is 2.50. The molecule has 0 aromatic carbocycles. The van der Waals surface area contributed by atoms with E-state index in [0.29, 0.717) is 23.7 Å². The van der Waals surface area contributed by atoms with E-state index in [9.17, 15) is 19.2 Å². The molecule has 1 aliphatic carbocycles. The molecule has 10 nitrogen and oxygen atoms in total. The van der Waals surface area contributed by atoms with Crippen LogP contribution in [0, 0.1) is 0 Å². The molecule has 2 aliphatic rings. The molecule has 5 amide bonds. The summed E-state index contributed by atoms with van der Waals surface area (Å²) in [6.45, 7) is 0. The maximum Gasteiger partial charge on any atom is 0.344 e. The standard InChI is InChI=1S/C18H19N5O5S/c24-13(22-23-15(26)18(21-17(23)27)6-2-1-3-7-18)9-11-10-29-16(19-11)20-14(25)12-5-4-8-28-12/h4-5,8,10H,1-3,6-7,9H2,(H,21,27)(H,22,24)(H,19,20,25). The van der Waals surface area contributed by atoms with E-state index in [-0.39, 0.29) is 12.2 Å². The Labute approximate surface area is 169 Å². The summed E-state index contributed by atoms with van der Waals surface area (Å²) in [4.78, 5) is 53.3. The van der Waals surface area contributed by atoms with Crippen LogP contribution in [0.25, 0.3) is 0 Å². The van der Waals surface area contributed by atoms with Crippen LogP contribution < -0.4 is 16.1 Å². The maximum absolute atomic E-state index is 12.7. The molecule has 0 radical (unpaired) electrons. The Hall–Kier alpha value is -3.21. The molecule has 152 valence electrons. The molecular formula is C18H19N5O5S. The van der Waals surface area contributed by atoms with Gasteiger partial charge in [-0.3, -0.25) is 25.1 Å². The molecule has 0 atom stereocenters. The molecule has 2 aromatic heterocycles. The van der Waals surface area contributed by atoms with E-state index in [2.05, 4.69) is 21.0 Å². The molecule has 1 aliphatic heterocycles. The van der Waals surface area contributed by atoms with Gasteiger partial charge in [-0.05, 0) is 25.0 Å². The molecule has 1 saturated carbocycles. The zero-order valence-electron chi connectivity index (χ0n) is 15.4. The molecule has 29 heavy (non-hydrogen) atoms. The van der Waals surface area contributed by atoms with Gasteiger partial charge in [-0.15, -0.1) is 11.3 Å². The van der Waals surface area contributed by atoms with Gasteiger partial charge in [-0.25, -0.2) is 9.78 Å². The van der Waals surface area contributed by atoms with Crippen LogP contribution >= 0.6 is 11.3 Å². The first-order valence-electron chi connectivity index (χ1n) is 9.22. The highest BCUT2D eigenvalue weighted by molar-refractivity contribution is 7.14. The number of urea groups is 1. The van der Waals surface area contributed by atoms with Gasteiger partial charge in [-0.1, -0.05) is 19.3 Å². The highest BCUT2D eigenvalue weighted by Gasteiger charge is 2.52. The highest BCUT2D eigenvalue weighted by Crippen LogP contribution is 2.33. The van der Waals surface area contributed by atoms with Crippen LogP contribution in [0.4, 0.5) is 9.93 Å². The van der Waals surface area contributed by atoms with Crippen LogP contribution in [0.5, 0.6) is 0 Å². The number of imide groups is 1. The monoisotopic (exact) mass is 417 g/mol. The lowest BCUT2D eigenvalue weighted by atomic mass is 9.82. The van der Waals surface area contributed by atoms with Crippen molar-refractivity contribution in [1.82, 2.24) is 20.7 Å². The molecule has 3 N–H and O–H groups in total. The Morgan fingerprint density at radius 1 is 1.28 bits per heavy atom. The lowest BCUT2D eigenvalue weighted by Gasteiger charge is -2.30. The second kappa shape index (κ2) is 7.66. The number of aromatic nitrogens is 1. The molecule has 0 bridgehead atoms. The van der Waals surface area contributed by atoms with Crippen molar-refractivity contribution in [2.75, 3.05) is 5.32 Å². The van der Waals surface area contributed by atoms with Gasteiger partial charge in [0.1, 0.15) is 5.54 Å². The lowest BCUT2D eigenvalue weighted by Crippen LogP contribution is -2.51. The number of nitrogens with zero attached hydrogens (tertiary/aromatic N) is 2. The average molecular weight is 417 g/mol. The maximum atomic E-state index is 12.7. The zero-order chi connectivity index (χ0) is 20.4. The van der Waals surface area contributed by atoms with Crippen molar-refractivity contribution in [2.24, 2.45) is 0 Å². The van der Waals surface area contributed by atoms with Gasteiger partial charge in [0.15, 0.2) is 10.9 Å². The number of carbonyl (C=O) groups excluding carboxylic acids is 4. The summed E-state index contributed by atoms with van der Waals surface area (Å²) in [7, 11) is 0. The smallest absolute Gasteiger partial charge is 0.344 e. The second-order valence-corrected chi connectivity index (χ2v) is 7.86. The summed E-state index contributed by atoms with van der Waals surface area (Å²) in [5.41, 5.74) is 1.87. The third kappa shape index (κ3) is 3.86. The Balaban J connectivity index is 1.34. The van der Waals surface area contributed by atoms with Crippen LogP contribution in [0.15, 0.2) is 28.2 Å². The first kappa shape index (κ1) is 19.1. The predicted octanol–water partition coefficient (Wildman–Crippen LogP) is 1.82. The van der Waals surface area contributed by atoms with E-state index >= 15 is 0 Å². The molecule has 1 spiro atoms. The SMILES string of the molecule is O=C(Cc1csc(NC(=O)c2ccco2)n1)NN1C(=O)NC2(CCCCC2)C1=O. The summed E-state index contributed by atoms with van der Waals surface area (Å²) in [5, 5.41) is 8.00. The van der Waals surface area contributed by atoms with Crippen molar-refractivity contribution >= 4 is 40.2 Å². The number of thiazole rings is 1. The molecule has 0 unspecified atom stereocenters. The van der Waals surface area contributed by atoms with Gasteiger partial charge in [-0.2, -0.15) is 5.01 Å². The van der Waals surface area contributed by atoms with Crippen LogP contribution in [-0.4, -0.2) is 39.3 Å². The minimum absolute atomic E-state index is 0.142. The Morgan fingerprint density at radius 3 is 2.79 bits per heavy atom. The zero-order valence-corrected chi connectivity index (χ0v) is 16.2. The normalized spacial score (nSPS) is 18.0. The summed E-state index contributed by atoms with van der Waals surface area (Å²) in [6.07, 6.45) is 5.15. The van der Waals surface area contributed by atoms with Gasteiger partial charge in [0.05, 0.1) is 18.4 Å². The Kier molecular flexibility index (Phi) is 5.05. The number of carbonyl (C=O) groups is 4. The fourth-order valence-electron chi connectivity index (χ4n) is 3.56. The van der Waals surface area contributed by atoms with Crippen molar-refractivity contribution in [3.63, 3.8) is 0 Å². The lowest BCUT2D eigenvalue weighted by molar-refractivity contribution is -0.139. The number of anilines is 1. The van der Waals surface area contributed by atoms with E-state index in [1.807, 2.05) is 0 Å². The minimum atomic E-state index is -0.896. The van der Waals surface area contributed by atoms with Gasteiger partial charge in [0.2, 0.25) is 5.91 Å². The number of nitrogens with one attached hydrogen (secondary N) is 3. The summed E-state index contributed by atoms with van der Waals surface area (Å²) >= 11 is 1.15. The molecular weight excluding hydrogens is 398 g/mol. The van der Waals surface area contributed by atoms with Crippen molar-refractivity contribution in [2.45, 2.75) is 44.1 Å². The van der Waals surface area contributed by atoms with Crippen molar-refractivity contribution in [1.29, 1.82) is 0 Å². The fraction of sp³-hybridized carbons (Fsp3) is 0.389. The van der Waals surface area contributed by atoms with Crippen molar-refractivity contribution < 1.29 is 23.6 Å². The summed E-state index contributed by atoms with van der Waals surface area (Å²) in [5.74, 6) is -1.26. The summed E-state index contributed by atoms with van der Waals surface area (Å²) < 4.78 is 5.01. The number of amides is 5. The molecule has 1 saturated heterocycles. The quantitative estimate of drug-likeness (QED) is 0.636. The minimum Gasteiger partial charge on any atom is -0.459 e. The number of rotatable bonds is 5. The average Bonchev–Trinajstić information content (AvgIpc) is 3.42. The van der Waals surface area contributed by atoms with Crippen molar-refractivity contribution in [3.8, 4) is 0 Å². The van der Waals surface area contributed by atoms with Crippen LogP contribution in [0.2, 0.25) is 0 Å². The van der Waals surface area contributed by atoms with Crippen LogP contribution in [-0.2, 0) is 16.0 Å². The third-order valence-electron chi connectivity index (χ3n) is 4.96. The van der Waals surface area contributed by atoms with Crippen molar-refractivity contribution in [3.05, 3.63) is 35.2 Å². The van der Waals surface area contributed by atoms with Gasteiger partial charge in [0.25, 0.3) is 11.8 Å². The van der Waals surface area contributed by atoms with Crippen LogP contribution in [0.3, 0.4) is 0 Å². The van der Waals surface area contributed by atoms with E-state index in [1.165, 1.54) is 12.3 Å². The fourth-order valence-corrected chi connectivity index (χ4v) is 4.26. The second-order valence-electron chi connectivity index (χ2n) is 7.00. The highest BCUT2D eigenvalue weighted by atomic mass is 32.1. The van der Waals surface area contributed by atoms with E-state index in [1.54, 1.807) is 11.4 Å². The Bertz CT molecular complexity index is 948. The van der Waals surface area contributed by atoms with E-state index in [4.69, 9.17) is 4.42 Å². The van der Waals surface area contributed by atoms with Gasteiger partial charge >= 0.3 is 6.03 Å². The topological polar surface area (TPSA) is 134 Å². The first-order valence-corrected chi connectivity index (χ1v) is 10.1. The molecule has 4 rings (SSSR count).